The van der Waals surface area contributed by atoms with E-state index >= 15 is 0 Å². The molecule has 1 saturated carbocycles. The van der Waals surface area contributed by atoms with Crippen LogP contribution >= 0.6 is 0 Å². The average Bonchev–Trinajstić information content (AvgIpc) is 2.76. The topological polar surface area (TPSA) is 26.3 Å². The van der Waals surface area contributed by atoms with Gasteiger partial charge in [0.15, 0.2) is 17.3 Å². The first kappa shape index (κ1) is 23.4. The van der Waals surface area contributed by atoms with Crippen LogP contribution in [0.4, 0.5) is 13.2 Å². The van der Waals surface area contributed by atoms with E-state index in [-0.39, 0.29) is 24.3 Å². The largest absolute Gasteiger partial charge is 0.491 e. The van der Waals surface area contributed by atoms with E-state index in [1.807, 2.05) is 24.3 Å². The third-order valence-electron chi connectivity index (χ3n) is 6.32. The van der Waals surface area contributed by atoms with E-state index in [4.69, 9.17) is 4.74 Å². The van der Waals surface area contributed by atoms with Gasteiger partial charge in [-0.1, -0.05) is 44.0 Å². The minimum absolute atomic E-state index is 0.0450. The second-order valence-electron chi connectivity index (χ2n) is 8.42. The molecule has 1 aliphatic rings. The standard InChI is InChI=1S/C26H31F3O2/c1-3-5-17-6-10-19(11-7-17)20-12-8-18(9-13-20)16-22(30)21-14-15-23(31-4-2)25(27)24(21)26(28)29/h8-9,12-15,17,19,26H,3-7,10-11,16H2,1-2H3. The van der Waals surface area contributed by atoms with Crippen molar-refractivity contribution in [1.82, 2.24) is 0 Å². The molecular formula is C26H31F3O2. The van der Waals surface area contributed by atoms with Crippen LogP contribution in [0.2, 0.25) is 0 Å². The van der Waals surface area contributed by atoms with Crippen molar-refractivity contribution in [3.05, 3.63) is 64.5 Å². The number of benzene rings is 2. The van der Waals surface area contributed by atoms with E-state index < -0.39 is 23.6 Å². The van der Waals surface area contributed by atoms with Crippen LogP contribution in [0, 0.1) is 11.7 Å². The molecule has 1 fully saturated rings. The molecule has 0 unspecified atom stereocenters. The Morgan fingerprint density at radius 2 is 1.71 bits per heavy atom. The lowest BCUT2D eigenvalue weighted by molar-refractivity contribution is 0.0975. The number of alkyl halides is 2. The molecule has 0 spiro atoms. The summed E-state index contributed by atoms with van der Waals surface area (Å²) in [5.74, 6) is -0.547. The van der Waals surface area contributed by atoms with Gasteiger partial charge in [-0.05, 0) is 67.7 Å². The van der Waals surface area contributed by atoms with Crippen molar-refractivity contribution in [3.8, 4) is 5.75 Å². The Bertz CT molecular complexity index is 869. The van der Waals surface area contributed by atoms with Gasteiger partial charge in [0.2, 0.25) is 0 Å². The number of carbonyl (C=O) groups excluding carboxylic acids is 1. The predicted molar refractivity (Wildman–Crippen MR) is 117 cm³/mol. The summed E-state index contributed by atoms with van der Waals surface area (Å²) in [5, 5.41) is 0. The van der Waals surface area contributed by atoms with E-state index in [9.17, 15) is 18.0 Å². The molecule has 0 N–H and O–H groups in total. The van der Waals surface area contributed by atoms with Crippen LogP contribution in [-0.4, -0.2) is 12.4 Å². The maximum atomic E-state index is 14.4. The van der Waals surface area contributed by atoms with Gasteiger partial charge >= 0.3 is 0 Å². The summed E-state index contributed by atoms with van der Waals surface area (Å²) in [6.45, 7) is 4.03. The first-order valence-electron chi connectivity index (χ1n) is 11.3. The molecule has 31 heavy (non-hydrogen) atoms. The minimum atomic E-state index is -3.09. The molecular weight excluding hydrogens is 401 g/mol. The van der Waals surface area contributed by atoms with E-state index in [0.29, 0.717) is 5.92 Å². The Hall–Kier alpha value is -2.30. The van der Waals surface area contributed by atoms with Gasteiger partial charge in [0, 0.05) is 12.0 Å². The monoisotopic (exact) mass is 432 g/mol. The lowest BCUT2D eigenvalue weighted by Crippen LogP contribution is -2.13. The summed E-state index contributed by atoms with van der Waals surface area (Å²) in [7, 11) is 0. The highest BCUT2D eigenvalue weighted by Crippen LogP contribution is 2.37. The van der Waals surface area contributed by atoms with Gasteiger partial charge < -0.3 is 4.74 Å². The van der Waals surface area contributed by atoms with Gasteiger partial charge in [-0.3, -0.25) is 4.79 Å². The van der Waals surface area contributed by atoms with Gasteiger partial charge in [0.05, 0.1) is 12.2 Å². The maximum absolute atomic E-state index is 14.4. The van der Waals surface area contributed by atoms with Crippen molar-refractivity contribution < 1.29 is 22.7 Å². The van der Waals surface area contributed by atoms with Crippen molar-refractivity contribution in [3.63, 3.8) is 0 Å². The predicted octanol–water partition coefficient (Wildman–Crippen LogP) is 7.66. The zero-order valence-corrected chi connectivity index (χ0v) is 18.3. The zero-order valence-electron chi connectivity index (χ0n) is 18.3. The van der Waals surface area contributed by atoms with E-state index in [1.54, 1.807) is 6.92 Å². The van der Waals surface area contributed by atoms with Crippen molar-refractivity contribution >= 4 is 5.78 Å². The highest BCUT2D eigenvalue weighted by Gasteiger charge is 2.26. The molecule has 0 saturated heterocycles. The fraction of sp³-hybridized carbons (Fsp3) is 0.500. The molecule has 5 heteroatoms. The van der Waals surface area contributed by atoms with E-state index in [1.165, 1.54) is 56.2 Å². The van der Waals surface area contributed by atoms with Crippen molar-refractivity contribution in [1.29, 1.82) is 0 Å². The summed E-state index contributed by atoms with van der Waals surface area (Å²) >= 11 is 0. The van der Waals surface area contributed by atoms with Crippen LogP contribution in [0.3, 0.4) is 0 Å². The lowest BCUT2D eigenvalue weighted by Gasteiger charge is -2.28. The third kappa shape index (κ3) is 5.69. The summed E-state index contributed by atoms with van der Waals surface area (Å²) in [6.07, 6.45) is 4.31. The highest BCUT2D eigenvalue weighted by molar-refractivity contribution is 5.99. The summed E-state index contributed by atoms with van der Waals surface area (Å²) in [5.41, 5.74) is 0.847. The molecule has 3 rings (SSSR count). The van der Waals surface area contributed by atoms with Crippen LogP contribution < -0.4 is 4.74 Å². The van der Waals surface area contributed by atoms with Crippen LogP contribution in [0.15, 0.2) is 36.4 Å². The number of ether oxygens (including phenoxy) is 1. The molecule has 0 aromatic heterocycles. The first-order chi connectivity index (χ1) is 14.9. The number of Topliss-reactive ketones (excluding diaryl/α,β-unsaturated/α-hetero) is 1. The fourth-order valence-electron chi connectivity index (χ4n) is 4.68. The van der Waals surface area contributed by atoms with Crippen LogP contribution in [0.5, 0.6) is 5.75 Å². The second-order valence-corrected chi connectivity index (χ2v) is 8.42. The molecule has 0 atom stereocenters. The molecule has 168 valence electrons. The molecule has 0 radical (unpaired) electrons. The van der Waals surface area contributed by atoms with E-state index in [2.05, 4.69) is 6.92 Å². The van der Waals surface area contributed by atoms with Crippen LogP contribution in [0.1, 0.15) is 91.8 Å². The molecule has 2 nitrogen and oxygen atoms in total. The van der Waals surface area contributed by atoms with Gasteiger partial charge in [-0.15, -0.1) is 0 Å². The van der Waals surface area contributed by atoms with Crippen LogP contribution in [-0.2, 0) is 6.42 Å². The molecule has 1 aliphatic carbocycles. The Kier molecular flexibility index (Phi) is 8.16. The highest BCUT2D eigenvalue weighted by atomic mass is 19.3. The smallest absolute Gasteiger partial charge is 0.267 e. The average molecular weight is 433 g/mol. The van der Waals surface area contributed by atoms with Gasteiger partial charge in [-0.2, -0.15) is 0 Å². The number of hydrogen-bond donors (Lipinski definition) is 0. The summed E-state index contributed by atoms with van der Waals surface area (Å²) in [6, 6.07) is 10.3. The Morgan fingerprint density at radius 1 is 1.03 bits per heavy atom. The van der Waals surface area contributed by atoms with Crippen molar-refractivity contribution in [2.45, 2.75) is 71.1 Å². The molecule has 2 aromatic carbocycles. The summed E-state index contributed by atoms with van der Waals surface area (Å²) in [4.78, 5) is 12.7. The fourth-order valence-corrected chi connectivity index (χ4v) is 4.68. The Morgan fingerprint density at radius 3 is 2.29 bits per heavy atom. The number of ketones is 1. The quantitative estimate of drug-likeness (QED) is 0.380. The lowest BCUT2D eigenvalue weighted by atomic mass is 9.77. The van der Waals surface area contributed by atoms with Crippen molar-refractivity contribution in [2.24, 2.45) is 5.92 Å². The molecule has 0 aliphatic heterocycles. The van der Waals surface area contributed by atoms with Crippen molar-refractivity contribution in [2.75, 3.05) is 6.61 Å². The van der Waals surface area contributed by atoms with Gasteiger partial charge in [0.1, 0.15) is 0 Å². The number of carbonyl (C=O) groups is 1. The SMILES string of the molecule is CCCC1CCC(c2ccc(CC(=O)c3ccc(OCC)c(F)c3C(F)F)cc2)CC1. The molecule has 0 amide bonds. The third-order valence-corrected chi connectivity index (χ3v) is 6.32. The second kappa shape index (κ2) is 10.8. The van der Waals surface area contributed by atoms with Gasteiger partial charge in [0.25, 0.3) is 6.43 Å². The summed E-state index contributed by atoms with van der Waals surface area (Å²) < 4.78 is 46.5. The number of rotatable bonds is 9. The van der Waals surface area contributed by atoms with Crippen LogP contribution in [0.25, 0.3) is 0 Å². The molecule has 0 bridgehead atoms. The molecule has 2 aromatic rings. The normalized spacial score (nSPS) is 18.9. The minimum Gasteiger partial charge on any atom is -0.491 e. The van der Waals surface area contributed by atoms with E-state index in [0.717, 1.165) is 11.5 Å². The Balaban J connectivity index is 1.69. The Labute approximate surface area is 182 Å². The first-order valence-corrected chi connectivity index (χ1v) is 11.3. The number of halogens is 3. The number of hydrogen-bond acceptors (Lipinski definition) is 2. The molecule has 0 heterocycles. The zero-order chi connectivity index (χ0) is 22.4. The maximum Gasteiger partial charge on any atom is 0.267 e. The van der Waals surface area contributed by atoms with Gasteiger partial charge in [-0.25, -0.2) is 13.2 Å².